The lowest BCUT2D eigenvalue weighted by Gasteiger charge is -2.29. The van der Waals surface area contributed by atoms with E-state index >= 15 is 0 Å². The molecule has 186 valence electrons. The first kappa shape index (κ1) is 26.2. The molecule has 0 spiro atoms. The Morgan fingerprint density at radius 1 is 1.30 bits per heavy atom. The zero-order valence-corrected chi connectivity index (χ0v) is 21.0. The number of hydrogen-bond donors (Lipinski definition) is 2. The second-order valence-electron chi connectivity index (χ2n) is 8.47. The number of methoxy groups -OCH3 is 1. The highest BCUT2D eigenvalue weighted by Gasteiger charge is 2.56. The molecule has 0 saturated carbocycles. The van der Waals surface area contributed by atoms with Gasteiger partial charge in [0.05, 0.1) is 19.8 Å². The van der Waals surface area contributed by atoms with Gasteiger partial charge in [-0.3, -0.25) is 19.1 Å². The van der Waals surface area contributed by atoms with Gasteiger partial charge in [-0.25, -0.2) is 9.88 Å². The van der Waals surface area contributed by atoms with E-state index in [2.05, 4.69) is 10.1 Å². The Labute approximate surface area is 196 Å². The highest BCUT2D eigenvalue weighted by Crippen LogP contribution is 2.48. The smallest absolute Gasteiger partial charge is 0.330 e. The maximum Gasteiger partial charge on any atom is 0.330 e. The fourth-order valence-corrected chi connectivity index (χ4v) is 6.51. The lowest BCUT2D eigenvalue weighted by molar-refractivity contribution is -0.199. The van der Waals surface area contributed by atoms with E-state index in [0.29, 0.717) is 0 Å². The number of fused-ring (bicyclic) bond motifs is 1. The number of aromatic amines is 1. The summed E-state index contributed by atoms with van der Waals surface area (Å²) < 4.78 is 35.8. The van der Waals surface area contributed by atoms with Gasteiger partial charge in [0.25, 0.3) is 12.2 Å². The van der Waals surface area contributed by atoms with E-state index in [9.17, 15) is 14.4 Å². The average molecular weight is 508 g/mol. The predicted molar refractivity (Wildman–Crippen MR) is 120 cm³/mol. The van der Waals surface area contributed by atoms with Crippen LogP contribution in [0.4, 0.5) is 0 Å². The average Bonchev–Trinajstić information content (AvgIpc) is 3.18. The Hall–Kier alpha value is -1.44. The van der Waals surface area contributed by atoms with Crippen molar-refractivity contribution in [2.75, 3.05) is 13.7 Å². The van der Waals surface area contributed by atoms with Crippen LogP contribution in [0.1, 0.15) is 40.8 Å². The van der Waals surface area contributed by atoms with Crippen LogP contribution in [0.15, 0.2) is 21.9 Å². The number of H-pyrrole nitrogens is 1. The normalized spacial score (nSPS) is 28.9. The fourth-order valence-electron chi connectivity index (χ4n) is 3.66. The van der Waals surface area contributed by atoms with Gasteiger partial charge in [-0.1, -0.05) is 0 Å². The number of carbonyl (C=O) groups is 1. The monoisotopic (exact) mass is 507 g/mol. The summed E-state index contributed by atoms with van der Waals surface area (Å²) in [5, 5.41) is 2.92. The highest BCUT2D eigenvalue weighted by molar-refractivity contribution is 8.09. The molecule has 0 bridgehead atoms. The molecular weight excluding hydrogens is 477 g/mol. The van der Waals surface area contributed by atoms with Gasteiger partial charge in [0.2, 0.25) is 0 Å². The van der Waals surface area contributed by atoms with E-state index in [0.717, 1.165) is 0 Å². The highest BCUT2D eigenvalue weighted by atomic mass is 32.5. The van der Waals surface area contributed by atoms with Gasteiger partial charge in [0.1, 0.15) is 24.4 Å². The first-order chi connectivity index (χ1) is 15.3. The van der Waals surface area contributed by atoms with Crippen LogP contribution in [0.3, 0.4) is 0 Å². The minimum absolute atomic E-state index is 0.0555. The van der Waals surface area contributed by atoms with E-state index in [1.54, 1.807) is 34.6 Å². The van der Waals surface area contributed by atoms with Crippen molar-refractivity contribution in [3.05, 3.63) is 33.1 Å². The van der Waals surface area contributed by atoms with Crippen molar-refractivity contribution in [1.82, 2.24) is 14.6 Å². The first-order valence-electron chi connectivity index (χ1n) is 10.5. The van der Waals surface area contributed by atoms with Gasteiger partial charge in [-0.15, -0.1) is 0 Å². The van der Waals surface area contributed by atoms with E-state index in [1.807, 2.05) is 0 Å². The Balaban J connectivity index is 1.81. The van der Waals surface area contributed by atoms with Crippen LogP contribution in [0.2, 0.25) is 0 Å². The van der Waals surface area contributed by atoms with Crippen molar-refractivity contribution in [3.63, 3.8) is 0 Å². The topological polar surface area (TPSA) is 139 Å². The molecule has 2 saturated heterocycles. The lowest BCUT2D eigenvalue weighted by Crippen LogP contribution is -2.37. The second-order valence-corrected chi connectivity index (χ2v) is 11.6. The molecule has 2 aliphatic rings. The molecule has 6 atom stereocenters. The molecule has 2 aliphatic heterocycles. The Morgan fingerprint density at radius 2 is 1.97 bits per heavy atom. The standard InChI is InChI=1S/C19H30N3O9PS/c1-10(2)31-32(33,21-11(3)17(24)26-6)27-9-12-14-15(30-19(4,5)29-14)16(28-12)22-8-7-13(23)20-18(22)25/h7-8,10-12,14-16H,9H2,1-6H3,(H,21,33)(H,20,23,25)/t11?,12-,14-,15-,16-,32?/m1/s1. The molecule has 2 unspecified atom stereocenters. The van der Waals surface area contributed by atoms with Crippen molar-refractivity contribution in [1.29, 1.82) is 0 Å². The zero-order chi connectivity index (χ0) is 24.6. The van der Waals surface area contributed by atoms with Crippen LogP contribution in [0.5, 0.6) is 0 Å². The summed E-state index contributed by atoms with van der Waals surface area (Å²) in [6, 6.07) is 0.466. The summed E-state index contributed by atoms with van der Waals surface area (Å²) in [5.41, 5.74) is -1.16. The van der Waals surface area contributed by atoms with Crippen molar-refractivity contribution in [2.24, 2.45) is 0 Å². The van der Waals surface area contributed by atoms with E-state index in [4.69, 9.17) is 39.8 Å². The number of carbonyl (C=O) groups excluding carboxylic acids is 1. The summed E-state index contributed by atoms with van der Waals surface area (Å²) in [4.78, 5) is 37.9. The molecule has 33 heavy (non-hydrogen) atoms. The number of ether oxygens (including phenoxy) is 4. The van der Waals surface area contributed by atoms with Crippen molar-refractivity contribution < 1.29 is 32.8 Å². The van der Waals surface area contributed by atoms with E-state index < -0.39 is 60.2 Å². The number of rotatable bonds is 9. The molecule has 0 aromatic carbocycles. The molecule has 0 amide bonds. The molecule has 14 heteroatoms. The molecule has 0 aliphatic carbocycles. The number of hydrogen-bond acceptors (Lipinski definition) is 10. The van der Waals surface area contributed by atoms with Crippen molar-refractivity contribution in [2.45, 2.75) is 77.1 Å². The molecule has 2 fully saturated rings. The van der Waals surface area contributed by atoms with E-state index in [-0.39, 0.29) is 12.7 Å². The summed E-state index contributed by atoms with van der Waals surface area (Å²) in [6.45, 7) is 5.50. The molecule has 2 N–H and O–H groups in total. The lowest BCUT2D eigenvalue weighted by atomic mass is 10.1. The van der Waals surface area contributed by atoms with Crippen LogP contribution >= 0.6 is 6.64 Å². The minimum atomic E-state index is -3.14. The summed E-state index contributed by atoms with van der Waals surface area (Å²) in [7, 11) is 1.28. The maximum atomic E-state index is 12.4. The molecular formula is C19H30N3O9PS. The molecule has 1 aromatic rings. The number of nitrogens with zero attached hydrogens (tertiary/aromatic N) is 1. The molecule has 12 nitrogen and oxygen atoms in total. The second kappa shape index (κ2) is 10.0. The van der Waals surface area contributed by atoms with Crippen molar-refractivity contribution in [3.8, 4) is 0 Å². The van der Waals surface area contributed by atoms with Crippen LogP contribution < -0.4 is 16.3 Å². The van der Waals surface area contributed by atoms with Gasteiger partial charge in [-0.2, -0.15) is 0 Å². The number of nitrogens with one attached hydrogen (secondary N) is 2. The zero-order valence-electron chi connectivity index (χ0n) is 19.3. The van der Waals surface area contributed by atoms with Crippen LogP contribution in [-0.4, -0.2) is 65.5 Å². The number of esters is 1. The quantitative estimate of drug-likeness (QED) is 0.362. The number of aromatic nitrogens is 2. The Bertz CT molecular complexity index is 1030. The third kappa shape index (κ3) is 6.17. The van der Waals surface area contributed by atoms with Gasteiger partial charge in [-0.05, 0) is 46.4 Å². The van der Waals surface area contributed by atoms with E-state index in [1.165, 1.54) is 23.9 Å². The Kier molecular flexibility index (Phi) is 7.97. The predicted octanol–water partition coefficient (Wildman–Crippen LogP) is 0.771. The summed E-state index contributed by atoms with van der Waals surface area (Å²) in [5.74, 6) is -1.43. The molecule has 1 aromatic heterocycles. The van der Waals surface area contributed by atoms with Crippen LogP contribution in [-0.2, 0) is 44.6 Å². The van der Waals surface area contributed by atoms with Crippen LogP contribution in [0.25, 0.3) is 0 Å². The third-order valence-corrected chi connectivity index (χ3v) is 7.70. The SMILES string of the molecule is COC(=O)C(C)NP(=S)(OC[C@H]1O[C@@H](n2ccc(=O)[nH]c2=O)[C@@H]2OC(C)(C)O[C@@H]21)OC(C)C. The maximum absolute atomic E-state index is 12.4. The van der Waals surface area contributed by atoms with Gasteiger partial charge in [0.15, 0.2) is 12.0 Å². The Morgan fingerprint density at radius 3 is 2.58 bits per heavy atom. The van der Waals surface area contributed by atoms with Crippen molar-refractivity contribution >= 4 is 24.4 Å². The minimum Gasteiger partial charge on any atom is -0.468 e. The third-order valence-electron chi connectivity index (χ3n) is 4.92. The molecule has 0 radical (unpaired) electrons. The summed E-state index contributed by atoms with van der Waals surface area (Å²) >= 11 is 5.60. The van der Waals surface area contributed by atoms with Crippen LogP contribution in [0, 0.1) is 0 Å². The van der Waals surface area contributed by atoms with Gasteiger partial charge in [0, 0.05) is 12.3 Å². The molecule has 3 rings (SSSR count). The largest absolute Gasteiger partial charge is 0.468 e. The molecule has 3 heterocycles. The first-order valence-corrected chi connectivity index (χ1v) is 13.1. The van der Waals surface area contributed by atoms with Gasteiger partial charge < -0.3 is 28.0 Å². The summed E-state index contributed by atoms with van der Waals surface area (Å²) in [6.07, 6.45) is -1.68. The fraction of sp³-hybridized carbons (Fsp3) is 0.737. The van der Waals surface area contributed by atoms with Gasteiger partial charge >= 0.3 is 11.7 Å².